The fraction of sp³-hybridized carbons (Fsp3) is 0.364. The lowest BCUT2D eigenvalue weighted by molar-refractivity contribution is -0.0436. The number of piperazine rings is 1. The van der Waals surface area contributed by atoms with Crippen LogP contribution in [0.25, 0.3) is 5.57 Å². The molecule has 0 unspecified atom stereocenters. The smallest absolute Gasteiger partial charge is 0.369 e. The zero-order valence-corrected chi connectivity index (χ0v) is 27.7. The van der Waals surface area contributed by atoms with Crippen LogP contribution in [0.2, 0.25) is 5.02 Å². The summed E-state index contributed by atoms with van der Waals surface area (Å²) >= 11 is 6.14. The topological polar surface area (TPSA) is 104 Å². The molecular weight excluding hydrogens is 675 g/mol. The van der Waals surface area contributed by atoms with Crippen molar-refractivity contribution in [3.8, 4) is 0 Å². The number of sulfone groups is 1. The second kappa shape index (κ2) is 12.6. The number of halogens is 4. The van der Waals surface area contributed by atoms with Crippen molar-refractivity contribution in [3.05, 3.63) is 94.5 Å². The Morgan fingerprint density at radius 1 is 0.851 bits per heavy atom. The molecule has 1 amide bonds. The molecule has 1 aliphatic heterocycles. The molecule has 1 saturated heterocycles. The number of allylic oxidation sites excluding steroid dienone is 1. The lowest BCUT2D eigenvalue weighted by atomic mass is 9.79. The van der Waals surface area contributed by atoms with Gasteiger partial charge in [-0.25, -0.2) is 21.6 Å². The van der Waals surface area contributed by atoms with Crippen LogP contribution in [-0.4, -0.2) is 65.9 Å². The van der Waals surface area contributed by atoms with Gasteiger partial charge >= 0.3 is 5.51 Å². The Balaban J connectivity index is 1.08. The van der Waals surface area contributed by atoms with E-state index >= 15 is 0 Å². The minimum absolute atomic E-state index is 0.0167. The largest absolute Gasteiger partial charge is 0.501 e. The normalized spacial score (nSPS) is 18.8. The molecule has 6 rings (SSSR count). The van der Waals surface area contributed by atoms with Gasteiger partial charge in [0.25, 0.3) is 25.8 Å². The van der Waals surface area contributed by atoms with Crippen LogP contribution in [0, 0.1) is 5.41 Å². The molecule has 14 heteroatoms. The summed E-state index contributed by atoms with van der Waals surface area (Å²) in [6, 6.07) is 17.3. The Labute approximate surface area is 277 Å². The first kappa shape index (κ1) is 33.5. The van der Waals surface area contributed by atoms with E-state index in [9.17, 15) is 34.8 Å². The molecule has 1 N–H and O–H groups in total. The third-order valence-electron chi connectivity index (χ3n) is 9.31. The number of anilines is 1. The Morgan fingerprint density at radius 2 is 1.49 bits per heavy atom. The van der Waals surface area contributed by atoms with E-state index in [1.165, 1.54) is 48.1 Å². The molecule has 8 nitrogen and oxygen atoms in total. The van der Waals surface area contributed by atoms with Crippen molar-refractivity contribution in [2.24, 2.45) is 5.41 Å². The van der Waals surface area contributed by atoms with Crippen molar-refractivity contribution < 1.29 is 34.8 Å². The Hall–Kier alpha value is -3.39. The number of hydrogen-bond donors (Lipinski definition) is 1. The number of rotatable bonds is 8. The predicted octanol–water partition coefficient (Wildman–Crippen LogP) is 6.29. The zero-order valence-electron chi connectivity index (χ0n) is 25.3. The summed E-state index contributed by atoms with van der Waals surface area (Å²) < 4.78 is 89.6. The van der Waals surface area contributed by atoms with Crippen LogP contribution in [0.5, 0.6) is 0 Å². The van der Waals surface area contributed by atoms with Crippen molar-refractivity contribution in [2.75, 3.05) is 37.6 Å². The van der Waals surface area contributed by atoms with E-state index in [1.54, 1.807) is 16.9 Å². The van der Waals surface area contributed by atoms with Crippen molar-refractivity contribution in [1.82, 2.24) is 9.62 Å². The number of carbonyl (C=O) groups excluding carboxylic acids is 1. The second-order valence-electron chi connectivity index (χ2n) is 12.4. The summed E-state index contributed by atoms with van der Waals surface area (Å²) in [5.41, 5.74) is -0.0366. The molecule has 2 fully saturated rings. The van der Waals surface area contributed by atoms with Crippen LogP contribution in [-0.2, 0) is 19.9 Å². The molecule has 3 aliphatic rings. The highest BCUT2D eigenvalue weighted by Crippen LogP contribution is 2.58. The van der Waals surface area contributed by atoms with Gasteiger partial charge < -0.3 is 4.90 Å². The molecule has 3 aromatic carbocycles. The number of nitrogens with zero attached hydrogens (tertiary/aromatic N) is 2. The lowest BCUT2D eigenvalue weighted by Crippen LogP contribution is -2.47. The van der Waals surface area contributed by atoms with E-state index in [4.69, 9.17) is 11.6 Å². The first-order valence-corrected chi connectivity index (χ1v) is 18.5. The van der Waals surface area contributed by atoms with Crippen LogP contribution in [0.4, 0.5) is 18.9 Å². The van der Waals surface area contributed by atoms with Crippen molar-refractivity contribution in [3.63, 3.8) is 0 Å². The molecule has 47 heavy (non-hydrogen) atoms. The summed E-state index contributed by atoms with van der Waals surface area (Å²) in [4.78, 5) is 15.4. The number of nitrogens with one attached hydrogen (secondary N) is 1. The number of benzene rings is 3. The van der Waals surface area contributed by atoms with Gasteiger partial charge in [0, 0.05) is 49.0 Å². The average Bonchev–Trinajstić information content (AvgIpc) is 3.79. The van der Waals surface area contributed by atoms with E-state index in [2.05, 4.69) is 21.9 Å². The van der Waals surface area contributed by atoms with Gasteiger partial charge in [-0.15, -0.1) is 0 Å². The second-order valence-corrected chi connectivity index (χ2v) is 16.5. The summed E-state index contributed by atoms with van der Waals surface area (Å²) in [7, 11) is -10.4. The van der Waals surface area contributed by atoms with Gasteiger partial charge in [-0.3, -0.25) is 9.69 Å². The van der Waals surface area contributed by atoms with Crippen LogP contribution in [0.15, 0.2) is 88.2 Å². The molecule has 0 atom stereocenters. The van der Waals surface area contributed by atoms with Gasteiger partial charge in [0.2, 0.25) is 0 Å². The van der Waals surface area contributed by atoms with Crippen molar-refractivity contribution in [2.45, 2.75) is 47.4 Å². The number of sulfonamides is 1. The maximum Gasteiger partial charge on any atom is 0.501 e. The van der Waals surface area contributed by atoms with Crippen LogP contribution >= 0.6 is 11.6 Å². The molecule has 0 radical (unpaired) electrons. The Bertz CT molecular complexity index is 1920. The van der Waals surface area contributed by atoms with Gasteiger partial charge in [0.15, 0.2) is 0 Å². The molecular formula is C33H33ClF3N3O5S2. The number of alkyl halides is 3. The van der Waals surface area contributed by atoms with Crippen LogP contribution in [0.1, 0.15) is 48.0 Å². The third kappa shape index (κ3) is 7.23. The highest BCUT2D eigenvalue weighted by Gasteiger charge is 2.47. The van der Waals surface area contributed by atoms with Gasteiger partial charge in [-0.05, 0) is 103 Å². The summed E-state index contributed by atoms with van der Waals surface area (Å²) in [6.45, 7) is 4.17. The highest BCUT2D eigenvalue weighted by atomic mass is 35.5. The minimum Gasteiger partial charge on any atom is -0.369 e. The number of amides is 1. The third-order valence-corrected chi connectivity index (χ3v) is 12.4. The van der Waals surface area contributed by atoms with E-state index in [0.29, 0.717) is 17.5 Å². The van der Waals surface area contributed by atoms with Gasteiger partial charge in [0.05, 0.1) is 9.79 Å². The first-order chi connectivity index (χ1) is 22.2. The molecule has 250 valence electrons. The molecule has 0 bridgehead atoms. The predicted molar refractivity (Wildman–Crippen MR) is 173 cm³/mol. The summed E-state index contributed by atoms with van der Waals surface area (Å²) in [5, 5.41) is 0.730. The fourth-order valence-corrected chi connectivity index (χ4v) is 8.44. The molecule has 3 aromatic rings. The summed E-state index contributed by atoms with van der Waals surface area (Å²) in [5.74, 6) is -1.00. The van der Waals surface area contributed by atoms with Gasteiger partial charge in [-0.2, -0.15) is 13.2 Å². The SMILES string of the molecule is O=C(NS(=O)(=O)c1cccc(S(=O)(=O)C(F)(F)F)c1)c1ccc(N2CCN(CC3=C(c4ccc(Cl)cc4)CCC4(CC4)C3)CC2)cc1. The average molecular weight is 708 g/mol. The molecule has 2 aliphatic carbocycles. The summed E-state index contributed by atoms with van der Waals surface area (Å²) in [6.07, 6.45) is 6.07. The van der Waals surface area contributed by atoms with Crippen molar-refractivity contribution in [1.29, 1.82) is 0 Å². The fourth-order valence-electron chi connectivity index (χ4n) is 6.41. The van der Waals surface area contributed by atoms with Crippen LogP contribution < -0.4 is 9.62 Å². The maximum atomic E-state index is 13.0. The van der Waals surface area contributed by atoms with Crippen molar-refractivity contribution >= 4 is 48.6 Å². The lowest BCUT2D eigenvalue weighted by Gasteiger charge is -2.38. The minimum atomic E-state index is -5.78. The maximum absolute atomic E-state index is 13.0. The van der Waals surface area contributed by atoms with E-state index in [0.717, 1.165) is 68.4 Å². The quantitative estimate of drug-likeness (QED) is 0.294. The van der Waals surface area contributed by atoms with E-state index in [1.807, 2.05) is 12.1 Å². The molecule has 0 aromatic heterocycles. The van der Waals surface area contributed by atoms with Gasteiger partial charge in [-0.1, -0.05) is 35.4 Å². The number of carbonyl (C=O) groups is 1. The molecule has 1 spiro atoms. The van der Waals surface area contributed by atoms with Gasteiger partial charge in [0.1, 0.15) is 0 Å². The van der Waals surface area contributed by atoms with E-state index in [-0.39, 0.29) is 5.56 Å². The zero-order chi connectivity index (χ0) is 33.6. The van der Waals surface area contributed by atoms with E-state index < -0.39 is 41.1 Å². The number of hydrogen-bond acceptors (Lipinski definition) is 7. The first-order valence-electron chi connectivity index (χ1n) is 15.2. The monoisotopic (exact) mass is 707 g/mol. The standard InChI is InChI=1S/C33H33ClF3N3O5S2/c34-26-8-4-23(5-9-26)30-12-13-32(14-15-32)21-25(30)22-39-16-18-40(19-17-39)27-10-6-24(7-11-27)31(41)38-47(44,45)29-3-1-2-28(20-29)46(42,43)33(35,36)37/h1-11,20H,12-19,21-22H2,(H,38,41). The Kier molecular flexibility index (Phi) is 8.96. The highest BCUT2D eigenvalue weighted by molar-refractivity contribution is 7.92. The Morgan fingerprint density at radius 3 is 2.11 bits per heavy atom. The molecule has 1 heterocycles. The van der Waals surface area contributed by atoms with Crippen LogP contribution in [0.3, 0.4) is 0 Å². The molecule has 1 saturated carbocycles.